The first-order valence-corrected chi connectivity index (χ1v) is 7.73. The highest BCUT2D eigenvalue weighted by atomic mass is 127. The predicted octanol–water partition coefficient (Wildman–Crippen LogP) is 1.77. The summed E-state index contributed by atoms with van der Waals surface area (Å²) < 4.78 is 26.8. The maximum absolute atomic E-state index is 11.6. The average Bonchev–Trinajstić information content (AvgIpc) is 2.21. The third-order valence-corrected chi connectivity index (χ3v) is 4.08. The lowest BCUT2D eigenvalue weighted by atomic mass is 10.3. The van der Waals surface area contributed by atoms with E-state index in [1.807, 2.05) is 12.1 Å². The van der Waals surface area contributed by atoms with Gasteiger partial charge < -0.3 is 5.73 Å². The van der Waals surface area contributed by atoms with Crippen molar-refractivity contribution in [2.24, 2.45) is 5.73 Å². The highest BCUT2D eigenvalue weighted by Gasteiger charge is 2.09. The Morgan fingerprint density at radius 2 is 1.81 bits per heavy atom. The average molecular weight is 354 g/mol. The summed E-state index contributed by atoms with van der Waals surface area (Å²) in [6, 6.07) is 7.22. The van der Waals surface area contributed by atoms with E-state index in [9.17, 15) is 8.42 Å². The lowest BCUT2D eigenvalue weighted by molar-refractivity contribution is 0.597. The Balaban J connectivity index is 2.55. The molecule has 0 heterocycles. The lowest BCUT2D eigenvalue weighted by Crippen LogP contribution is -2.17. The third-order valence-electron chi connectivity index (χ3n) is 1.98. The summed E-state index contributed by atoms with van der Waals surface area (Å²) in [5, 5.41) is 0. The molecule has 3 N–H and O–H groups in total. The number of unbranched alkanes of at least 4 members (excludes halogenated alkanes) is 1. The van der Waals surface area contributed by atoms with Crippen LogP contribution in [0, 0.1) is 3.57 Å². The number of anilines is 1. The molecule has 0 saturated heterocycles. The van der Waals surface area contributed by atoms with Crippen LogP contribution in [-0.2, 0) is 10.0 Å². The number of rotatable bonds is 6. The molecule has 6 heteroatoms. The van der Waals surface area contributed by atoms with E-state index in [0.717, 1.165) is 9.99 Å². The van der Waals surface area contributed by atoms with Gasteiger partial charge >= 0.3 is 0 Å². The van der Waals surface area contributed by atoms with Crippen molar-refractivity contribution in [1.82, 2.24) is 0 Å². The summed E-state index contributed by atoms with van der Waals surface area (Å²) in [5.41, 5.74) is 5.92. The van der Waals surface area contributed by atoms with Gasteiger partial charge in [0.15, 0.2) is 0 Å². The van der Waals surface area contributed by atoms with E-state index in [0.29, 0.717) is 18.7 Å². The van der Waals surface area contributed by atoms with Crippen molar-refractivity contribution in [3.05, 3.63) is 27.8 Å². The molecule has 0 aliphatic rings. The fourth-order valence-electron chi connectivity index (χ4n) is 1.18. The standard InChI is InChI=1S/C10H15IN2O2S/c11-9-3-5-10(6-4-9)13-16(14,15)8-2-1-7-12/h3-6,13H,1-2,7-8,12H2. The second kappa shape index (κ2) is 6.41. The summed E-state index contributed by atoms with van der Waals surface area (Å²) in [7, 11) is -3.23. The van der Waals surface area contributed by atoms with E-state index in [1.54, 1.807) is 12.1 Å². The SMILES string of the molecule is NCCCCS(=O)(=O)Nc1ccc(I)cc1. The number of hydrogen-bond donors (Lipinski definition) is 2. The molecule has 0 unspecified atom stereocenters. The van der Waals surface area contributed by atoms with Gasteiger partial charge in [-0.1, -0.05) is 0 Å². The minimum Gasteiger partial charge on any atom is -0.330 e. The topological polar surface area (TPSA) is 72.2 Å². The van der Waals surface area contributed by atoms with Crippen LogP contribution in [0.1, 0.15) is 12.8 Å². The molecule has 4 nitrogen and oxygen atoms in total. The van der Waals surface area contributed by atoms with Gasteiger partial charge in [0.25, 0.3) is 0 Å². The molecule has 0 fully saturated rings. The molecule has 90 valence electrons. The predicted molar refractivity (Wildman–Crippen MR) is 74.9 cm³/mol. The number of hydrogen-bond acceptors (Lipinski definition) is 3. The molecule has 0 spiro atoms. The number of sulfonamides is 1. The van der Waals surface area contributed by atoms with Gasteiger partial charge in [0.05, 0.1) is 5.75 Å². The van der Waals surface area contributed by atoms with E-state index in [4.69, 9.17) is 5.73 Å². The molecule has 1 aromatic carbocycles. The summed E-state index contributed by atoms with van der Waals surface area (Å²) in [6.45, 7) is 0.527. The zero-order chi connectivity index (χ0) is 12.0. The van der Waals surface area contributed by atoms with Crippen molar-refractivity contribution in [3.63, 3.8) is 0 Å². The van der Waals surface area contributed by atoms with Crippen LogP contribution in [-0.4, -0.2) is 20.7 Å². The molecular formula is C10H15IN2O2S. The highest BCUT2D eigenvalue weighted by molar-refractivity contribution is 14.1. The van der Waals surface area contributed by atoms with Gasteiger partial charge in [0.2, 0.25) is 10.0 Å². The van der Waals surface area contributed by atoms with E-state index >= 15 is 0 Å². The molecule has 1 rings (SSSR count). The molecule has 0 amide bonds. The minimum atomic E-state index is -3.23. The van der Waals surface area contributed by atoms with E-state index < -0.39 is 10.0 Å². The van der Waals surface area contributed by atoms with Crippen LogP contribution in [0.15, 0.2) is 24.3 Å². The molecule has 16 heavy (non-hydrogen) atoms. The molecule has 0 radical (unpaired) electrons. The van der Waals surface area contributed by atoms with Gasteiger partial charge in [0.1, 0.15) is 0 Å². The van der Waals surface area contributed by atoms with Gasteiger partial charge in [-0.2, -0.15) is 0 Å². The van der Waals surface area contributed by atoms with Gasteiger partial charge in [0, 0.05) is 9.26 Å². The molecule has 0 aromatic heterocycles. The Hall–Kier alpha value is -0.340. The first-order chi connectivity index (χ1) is 7.53. The summed E-state index contributed by atoms with van der Waals surface area (Å²) in [5.74, 6) is 0.121. The van der Waals surface area contributed by atoms with Gasteiger partial charge in [-0.25, -0.2) is 8.42 Å². The number of benzene rings is 1. The van der Waals surface area contributed by atoms with Crippen LogP contribution in [0.5, 0.6) is 0 Å². The molecule has 1 aromatic rings. The van der Waals surface area contributed by atoms with Crippen LogP contribution < -0.4 is 10.5 Å². The van der Waals surface area contributed by atoms with Crippen molar-refractivity contribution >= 4 is 38.3 Å². The van der Waals surface area contributed by atoms with E-state index in [-0.39, 0.29) is 5.75 Å². The number of nitrogens with one attached hydrogen (secondary N) is 1. The summed E-state index contributed by atoms with van der Waals surface area (Å²) >= 11 is 2.17. The molecule has 0 aliphatic heterocycles. The second-order valence-electron chi connectivity index (χ2n) is 3.42. The van der Waals surface area contributed by atoms with Crippen molar-refractivity contribution < 1.29 is 8.42 Å². The van der Waals surface area contributed by atoms with Crippen LogP contribution >= 0.6 is 22.6 Å². The van der Waals surface area contributed by atoms with Gasteiger partial charge in [-0.3, -0.25) is 4.72 Å². The zero-order valence-corrected chi connectivity index (χ0v) is 11.8. The normalized spacial score (nSPS) is 11.4. The Labute approximate surface area is 110 Å². The van der Waals surface area contributed by atoms with Crippen molar-refractivity contribution in [2.75, 3.05) is 17.0 Å². The monoisotopic (exact) mass is 354 g/mol. The molecule has 0 bridgehead atoms. The highest BCUT2D eigenvalue weighted by Crippen LogP contribution is 2.13. The Kier molecular flexibility index (Phi) is 5.50. The van der Waals surface area contributed by atoms with Gasteiger partial charge in [-0.15, -0.1) is 0 Å². The molecule has 0 aliphatic carbocycles. The number of halogens is 1. The third kappa shape index (κ3) is 5.13. The lowest BCUT2D eigenvalue weighted by Gasteiger charge is -2.07. The Morgan fingerprint density at radius 1 is 1.19 bits per heavy atom. The maximum Gasteiger partial charge on any atom is 0.232 e. The van der Waals surface area contributed by atoms with Crippen LogP contribution in [0.2, 0.25) is 0 Å². The van der Waals surface area contributed by atoms with Crippen molar-refractivity contribution in [1.29, 1.82) is 0 Å². The first-order valence-electron chi connectivity index (χ1n) is 4.99. The van der Waals surface area contributed by atoms with E-state index in [1.165, 1.54) is 0 Å². The van der Waals surface area contributed by atoms with Crippen LogP contribution in [0.25, 0.3) is 0 Å². The second-order valence-corrected chi connectivity index (χ2v) is 6.51. The van der Waals surface area contributed by atoms with Crippen LogP contribution in [0.3, 0.4) is 0 Å². The first kappa shape index (κ1) is 13.7. The zero-order valence-electron chi connectivity index (χ0n) is 8.82. The molecular weight excluding hydrogens is 339 g/mol. The minimum absolute atomic E-state index is 0.121. The fraction of sp³-hybridized carbons (Fsp3) is 0.400. The molecule has 0 atom stereocenters. The Bertz CT molecular complexity index is 417. The summed E-state index contributed by atoms with van der Waals surface area (Å²) in [6.07, 6.45) is 1.32. The maximum atomic E-state index is 11.6. The fourth-order valence-corrected chi connectivity index (χ4v) is 2.73. The summed E-state index contributed by atoms with van der Waals surface area (Å²) in [4.78, 5) is 0. The van der Waals surface area contributed by atoms with Crippen molar-refractivity contribution in [3.8, 4) is 0 Å². The quantitative estimate of drug-likeness (QED) is 0.604. The smallest absolute Gasteiger partial charge is 0.232 e. The largest absolute Gasteiger partial charge is 0.330 e. The van der Waals surface area contributed by atoms with Gasteiger partial charge in [-0.05, 0) is 66.2 Å². The number of nitrogens with two attached hydrogens (primary N) is 1. The van der Waals surface area contributed by atoms with E-state index in [2.05, 4.69) is 27.3 Å². The van der Waals surface area contributed by atoms with Crippen LogP contribution in [0.4, 0.5) is 5.69 Å². The Morgan fingerprint density at radius 3 is 2.38 bits per heavy atom. The van der Waals surface area contributed by atoms with Crippen molar-refractivity contribution in [2.45, 2.75) is 12.8 Å². The molecule has 0 saturated carbocycles.